The van der Waals surface area contributed by atoms with Crippen molar-refractivity contribution in [2.75, 3.05) is 26.2 Å². The van der Waals surface area contributed by atoms with Gasteiger partial charge in [-0.2, -0.15) is 0 Å². The summed E-state index contributed by atoms with van der Waals surface area (Å²) in [5, 5.41) is 6.57. The zero-order valence-corrected chi connectivity index (χ0v) is 18.4. The fourth-order valence-corrected chi connectivity index (χ4v) is 3.47. The van der Waals surface area contributed by atoms with Gasteiger partial charge in [-0.25, -0.2) is 0 Å². The molecule has 152 valence electrons. The summed E-state index contributed by atoms with van der Waals surface area (Å²) in [5.41, 5.74) is 0. The van der Waals surface area contributed by atoms with E-state index in [0.717, 1.165) is 43.4 Å². The van der Waals surface area contributed by atoms with Crippen LogP contribution in [0.15, 0.2) is 40.5 Å². The first-order chi connectivity index (χ1) is 12.7. The summed E-state index contributed by atoms with van der Waals surface area (Å²) >= 11 is 0. The predicted molar refractivity (Wildman–Crippen MR) is 118 cm³/mol. The molecule has 1 atom stereocenters. The first kappa shape index (κ1) is 22.2. The number of hydrogen-bond donors (Lipinski definition) is 2. The van der Waals surface area contributed by atoms with Crippen LogP contribution in [0.2, 0.25) is 0 Å². The molecule has 6 nitrogen and oxygen atoms in total. The minimum Gasteiger partial charge on any atom is -0.469 e. The Morgan fingerprint density at radius 3 is 2.89 bits per heavy atom. The van der Waals surface area contributed by atoms with Gasteiger partial charge in [0.15, 0.2) is 11.7 Å². The Hall–Kier alpha value is -1.06. The van der Waals surface area contributed by atoms with E-state index in [1.54, 1.807) is 6.26 Å². The van der Waals surface area contributed by atoms with Crippen LogP contribution in [0.1, 0.15) is 38.4 Å². The molecule has 0 amide bonds. The highest BCUT2D eigenvalue weighted by Gasteiger charge is 2.43. The molecule has 27 heavy (non-hydrogen) atoms. The van der Waals surface area contributed by atoms with Gasteiger partial charge in [0.2, 0.25) is 0 Å². The van der Waals surface area contributed by atoms with Gasteiger partial charge >= 0.3 is 0 Å². The second kappa shape index (κ2) is 11.1. The van der Waals surface area contributed by atoms with Gasteiger partial charge in [0.05, 0.1) is 19.4 Å². The van der Waals surface area contributed by atoms with Gasteiger partial charge in [0, 0.05) is 32.4 Å². The maximum absolute atomic E-state index is 6.24. The molecule has 2 aliphatic rings. The molecule has 0 bridgehead atoms. The van der Waals surface area contributed by atoms with E-state index < -0.39 is 0 Å². The lowest BCUT2D eigenvalue weighted by Gasteiger charge is -2.34. The van der Waals surface area contributed by atoms with Gasteiger partial charge in [-0.3, -0.25) is 4.99 Å². The maximum atomic E-state index is 6.24. The van der Waals surface area contributed by atoms with Crippen LogP contribution in [0.3, 0.4) is 0 Å². The maximum Gasteiger partial charge on any atom is 0.191 e. The monoisotopic (exact) mass is 489 g/mol. The molecule has 1 aromatic heterocycles. The van der Waals surface area contributed by atoms with Gasteiger partial charge in [-0.1, -0.05) is 13.0 Å². The molecule has 0 aromatic carbocycles. The molecule has 2 N–H and O–H groups in total. The molecule has 0 radical (unpaired) electrons. The molecule has 1 spiro atoms. The summed E-state index contributed by atoms with van der Waals surface area (Å²) in [6.07, 6.45) is 8.69. The van der Waals surface area contributed by atoms with Gasteiger partial charge < -0.3 is 24.5 Å². The number of halogens is 1. The Morgan fingerprint density at radius 1 is 1.37 bits per heavy atom. The molecule has 1 aliphatic heterocycles. The lowest BCUT2D eigenvalue weighted by Crippen LogP contribution is -2.39. The van der Waals surface area contributed by atoms with E-state index in [1.807, 2.05) is 18.2 Å². The molecule has 1 aromatic rings. The number of nitrogens with zero attached hydrogens (tertiary/aromatic N) is 1. The number of nitrogens with one attached hydrogen (secondary N) is 2. The van der Waals surface area contributed by atoms with Crippen LogP contribution in [0, 0.1) is 5.92 Å². The van der Waals surface area contributed by atoms with Crippen molar-refractivity contribution in [3.8, 4) is 0 Å². The average molecular weight is 489 g/mol. The molecule has 2 fully saturated rings. The summed E-state index contributed by atoms with van der Waals surface area (Å²) in [4.78, 5) is 4.67. The van der Waals surface area contributed by atoms with Gasteiger partial charge in [0.1, 0.15) is 11.9 Å². The normalized spacial score (nSPS) is 28.0. The number of furan rings is 1. The smallest absolute Gasteiger partial charge is 0.191 e. The lowest BCUT2D eigenvalue weighted by atomic mass is 9.86. The Labute approximate surface area is 179 Å². The number of guanidine groups is 1. The minimum atomic E-state index is -0.353. The fourth-order valence-electron chi connectivity index (χ4n) is 3.47. The zero-order valence-electron chi connectivity index (χ0n) is 16.1. The van der Waals surface area contributed by atoms with Gasteiger partial charge in [0.25, 0.3) is 0 Å². The van der Waals surface area contributed by atoms with Crippen LogP contribution in [-0.2, 0) is 15.9 Å². The molecule has 1 saturated heterocycles. The molecule has 1 saturated carbocycles. The third kappa shape index (κ3) is 6.80. The highest BCUT2D eigenvalue weighted by molar-refractivity contribution is 14.0. The second-order valence-electron chi connectivity index (χ2n) is 7.26. The van der Waals surface area contributed by atoms with Crippen molar-refractivity contribution in [2.45, 2.75) is 50.9 Å². The first-order valence-corrected chi connectivity index (χ1v) is 9.66. The topological polar surface area (TPSA) is 68.0 Å². The number of hydrogen-bond acceptors (Lipinski definition) is 4. The molecule has 1 aliphatic carbocycles. The summed E-state index contributed by atoms with van der Waals surface area (Å²) in [6.45, 7) is 8.68. The molecular formula is C20H32IN3O3. The highest BCUT2D eigenvalue weighted by atomic mass is 127. The predicted octanol–water partition coefficient (Wildman–Crippen LogP) is 3.48. The Bertz CT molecular complexity index is 583. The standard InChI is InChI=1S/C20H31N3O3.HI/c1-3-11-21-19(22-12-8-17-5-4-13-24-17)23-14-18-15-25-20(26-18)9-6-16(2)7-10-20;/h3-5,13,16,18H,1,6-12,14-15H2,2H3,(H2,21,22,23);1H. The van der Waals surface area contributed by atoms with E-state index in [0.29, 0.717) is 19.7 Å². The Morgan fingerprint density at radius 2 is 2.19 bits per heavy atom. The summed E-state index contributed by atoms with van der Waals surface area (Å²) in [6, 6.07) is 3.88. The van der Waals surface area contributed by atoms with Crippen molar-refractivity contribution < 1.29 is 13.9 Å². The summed E-state index contributed by atoms with van der Waals surface area (Å²) in [7, 11) is 0. The van der Waals surface area contributed by atoms with E-state index >= 15 is 0 Å². The first-order valence-electron chi connectivity index (χ1n) is 9.66. The molecule has 2 heterocycles. The minimum absolute atomic E-state index is 0. The van der Waals surface area contributed by atoms with Gasteiger partial charge in [-0.15, -0.1) is 30.6 Å². The zero-order chi connectivity index (χ0) is 18.2. The summed E-state index contributed by atoms with van der Waals surface area (Å²) in [5.74, 6) is 2.14. The molecular weight excluding hydrogens is 457 g/mol. The van der Waals surface area contributed by atoms with Crippen molar-refractivity contribution in [1.82, 2.24) is 10.6 Å². The van der Waals surface area contributed by atoms with Crippen molar-refractivity contribution in [2.24, 2.45) is 10.9 Å². The largest absolute Gasteiger partial charge is 0.469 e. The van der Waals surface area contributed by atoms with E-state index in [9.17, 15) is 0 Å². The molecule has 3 rings (SSSR count). The van der Waals surface area contributed by atoms with E-state index in [2.05, 4.69) is 29.1 Å². The Balaban J connectivity index is 0.00000261. The molecule has 1 unspecified atom stereocenters. The molecule has 7 heteroatoms. The third-order valence-electron chi connectivity index (χ3n) is 5.06. The van der Waals surface area contributed by atoms with Crippen molar-refractivity contribution in [1.29, 1.82) is 0 Å². The van der Waals surface area contributed by atoms with Crippen LogP contribution < -0.4 is 10.6 Å². The van der Waals surface area contributed by atoms with Crippen LogP contribution >= 0.6 is 24.0 Å². The fraction of sp³-hybridized carbons (Fsp3) is 0.650. The van der Waals surface area contributed by atoms with E-state index in [4.69, 9.17) is 13.9 Å². The van der Waals surface area contributed by atoms with Crippen molar-refractivity contribution in [3.05, 3.63) is 36.8 Å². The second-order valence-corrected chi connectivity index (χ2v) is 7.26. The number of aliphatic imine (C=N–C) groups is 1. The third-order valence-corrected chi connectivity index (χ3v) is 5.06. The quantitative estimate of drug-likeness (QED) is 0.266. The summed E-state index contributed by atoms with van der Waals surface area (Å²) < 4.78 is 17.6. The Kier molecular flexibility index (Phi) is 9.11. The van der Waals surface area contributed by atoms with Crippen LogP contribution in [0.25, 0.3) is 0 Å². The van der Waals surface area contributed by atoms with Crippen LogP contribution in [0.5, 0.6) is 0 Å². The van der Waals surface area contributed by atoms with E-state index in [-0.39, 0.29) is 35.9 Å². The van der Waals surface area contributed by atoms with Crippen LogP contribution in [0.4, 0.5) is 0 Å². The SMILES string of the molecule is C=CCNC(=NCC1COC2(CCC(C)CC2)O1)NCCc1ccco1.I. The van der Waals surface area contributed by atoms with E-state index in [1.165, 1.54) is 12.8 Å². The number of ether oxygens (including phenoxy) is 2. The van der Waals surface area contributed by atoms with Crippen molar-refractivity contribution >= 4 is 29.9 Å². The van der Waals surface area contributed by atoms with Crippen molar-refractivity contribution in [3.63, 3.8) is 0 Å². The average Bonchev–Trinajstić information content (AvgIpc) is 3.30. The highest BCUT2D eigenvalue weighted by Crippen LogP contribution is 2.39. The number of rotatable bonds is 7. The lowest BCUT2D eigenvalue weighted by molar-refractivity contribution is -0.190. The van der Waals surface area contributed by atoms with Crippen LogP contribution in [-0.4, -0.2) is 44.1 Å². The van der Waals surface area contributed by atoms with Gasteiger partial charge in [-0.05, 0) is 30.9 Å².